The second-order valence-electron chi connectivity index (χ2n) is 2.91. The molecule has 1 aliphatic carbocycles. The zero-order valence-electron chi connectivity index (χ0n) is 6.06. The van der Waals surface area contributed by atoms with Gasteiger partial charge in [0, 0.05) is 12.6 Å². The maximum Gasteiger partial charge on any atom is 0.0193 e. The summed E-state index contributed by atoms with van der Waals surface area (Å²) >= 11 is 0. The Bertz CT molecular complexity index is 79.0. The van der Waals surface area contributed by atoms with Gasteiger partial charge in [-0.25, -0.2) is 0 Å². The van der Waals surface area contributed by atoms with Crippen LogP contribution < -0.4 is 11.1 Å². The van der Waals surface area contributed by atoms with E-state index in [0.717, 1.165) is 12.5 Å². The van der Waals surface area contributed by atoms with Crippen molar-refractivity contribution in [1.82, 2.24) is 5.32 Å². The van der Waals surface area contributed by atoms with Gasteiger partial charge in [0.2, 0.25) is 0 Å². The van der Waals surface area contributed by atoms with Crippen molar-refractivity contribution in [2.24, 2.45) is 11.7 Å². The highest BCUT2D eigenvalue weighted by Gasteiger charge is 2.23. The molecular formula is C7H16N2. The highest BCUT2D eigenvalue weighted by atomic mass is 14.9. The fourth-order valence-electron chi connectivity index (χ4n) is 1.27. The minimum absolute atomic E-state index is 0.406. The summed E-state index contributed by atoms with van der Waals surface area (Å²) in [6.07, 6.45) is 4.09. The van der Waals surface area contributed by atoms with E-state index in [1.54, 1.807) is 0 Å². The third-order valence-electron chi connectivity index (χ3n) is 2.20. The van der Waals surface area contributed by atoms with E-state index in [2.05, 4.69) is 5.32 Å². The quantitative estimate of drug-likeness (QED) is 0.575. The van der Waals surface area contributed by atoms with Crippen LogP contribution in [-0.4, -0.2) is 19.6 Å². The van der Waals surface area contributed by atoms with Crippen LogP contribution in [-0.2, 0) is 0 Å². The van der Waals surface area contributed by atoms with E-state index in [1.165, 1.54) is 19.3 Å². The van der Waals surface area contributed by atoms with Gasteiger partial charge in [0.15, 0.2) is 0 Å². The maximum atomic E-state index is 5.83. The zero-order valence-corrected chi connectivity index (χ0v) is 6.06. The third kappa shape index (κ3) is 1.66. The first kappa shape index (κ1) is 7.03. The molecule has 0 aromatic heterocycles. The molecule has 1 atom stereocenters. The summed E-state index contributed by atoms with van der Waals surface area (Å²) in [5.41, 5.74) is 5.83. The molecule has 1 saturated carbocycles. The lowest BCUT2D eigenvalue weighted by atomic mass is 9.80. The number of nitrogens with two attached hydrogens (primary N) is 1. The van der Waals surface area contributed by atoms with Crippen molar-refractivity contribution in [3.63, 3.8) is 0 Å². The van der Waals surface area contributed by atoms with Gasteiger partial charge in [-0.1, -0.05) is 6.42 Å². The third-order valence-corrected chi connectivity index (χ3v) is 2.20. The standard InChI is InChI=1S/C7H16N2/c1-9-5-7(8)6-3-2-4-6/h6-7,9H,2-5,8H2,1H3. The topological polar surface area (TPSA) is 38.0 Å². The van der Waals surface area contributed by atoms with E-state index in [-0.39, 0.29) is 0 Å². The molecule has 1 unspecified atom stereocenters. The molecule has 1 fully saturated rings. The van der Waals surface area contributed by atoms with Crippen LogP contribution in [0.1, 0.15) is 19.3 Å². The molecule has 0 amide bonds. The molecule has 0 aromatic rings. The van der Waals surface area contributed by atoms with Crippen molar-refractivity contribution in [2.75, 3.05) is 13.6 Å². The Hall–Kier alpha value is -0.0800. The first-order valence-corrected chi connectivity index (χ1v) is 3.74. The van der Waals surface area contributed by atoms with Gasteiger partial charge in [0.05, 0.1) is 0 Å². The molecule has 54 valence electrons. The van der Waals surface area contributed by atoms with Gasteiger partial charge < -0.3 is 11.1 Å². The Morgan fingerprint density at radius 1 is 1.67 bits per heavy atom. The molecule has 0 saturated heterocycles. The smallest absolute Gasteiger partial charge is 0.0193 e. The molecule has 0 spiro atoms. The highest BCUT2D eigenvalue weighted by Crippen LogP contribution is 2.28. The Morgan fingerprint density at radius 3 is 2.67 bits per heavy atom. The highest BCUT2D eigenvalue weighted by molar-refractivity contribution is 4.80. The lowest BCUT2D eigenvalue weighted by Gasteiger charge is -2.30. The number of hydrogen-bond acceptors (Lipinski definition) is 2. The molecule has 0 heterocycles. The monoisotopic (exact) mass is 128 g/mol. The van der Waals surface area contributed by atoms with E-state index in [1.807, 2.05) is 7.05 Å². The van der Waals surface area contributed by atoms with Crippen LogP contribution in [0.3, 0.4) is 0 Å². The van der Waals surface area contributed by atoms with Gasteiger partial charge in [-0.2, -0.15) is 0 Å². The van der Waals surface area contributed by atoms with Crippen molar-refractivity contribution in [3.8, 4) is 0 Å². The largest absolute Gasteiger partial charge is 0.326 e. The summed E-state index contributed by atoms with van der Waals surface area (Å²) in [4.78, 5) is 0. The number of rotatable bonds is 3. The maximum absolute atomic E-state index is 5.83. The first-order valence-electron chi connectivity index (χ1n) is 3.74. The molecule has 9 heavy (non-hydrogen) atoms. The molecule has 2 heteroatoms. The van der Waals surface area contributed by atoms with Gasteiger partial charge in [0.25, 0.3) is 0 Å². The molecule has 0 aliphatic heterocycles. The summed E-state index contributed by atoms with van der Waals surface area (Å²) in [5, 5.41) is 3.09. The normalized spacial score (nSPS) is 23.3. The van der Waals surface area contributed by atoms with Crippen LogP contribution in [0.2, 0.25) is 0 Å². The van der Waals surface area contributed by atoms with Crippen LogP contribution in [0.25, 0.3) is 0 Å². The molecule has 1 rings (SSSR count). The van der Waals surface area contributed by atoms with Gasteiger partial charge in [-0.3, -0.25) is 0 Å². The van der Waals surface area contributed by atoms with Gasteiger partial charge in [0.1, 0.15) is 0 Å². The van der Waals surface area contributed by atoms with Crippen molar-refractivity contribution in [3.05, 3.63) is 0 Å². The predicted molar refractivity (Wildman–Crippen MR) is 39.2 cm³/mol. The predicted octanol–water partition coefficient (Wildman–Crippen LogP) is 0.333. The second-order valence-corrected chi connectivity index (χ2v) is 2.91. The molecule has 2 nitrogen and oxygen atoms in total. The van der Waals surface area contributed by atoms with Gasteiger partial charge in [-0.05, 0) is 25.8 Å². The van der Waals surface area contributed by atoms with E-state index in [9.17, 15) is 0 Å². The van der Waals surface area contributed by atoms with E-state index < -0.39 is 0 Å². The fourth-order valence-corrected chi connectivity index (χ4v) is 1.27. The Labute approximate surface area is 56.8 Å². The summed E-state index contributed by atoms with van der Waals surface area (Å²) in [6.45, 7) is 0.977. The molecule has 1 aliphatic rings. The molecular weight excluding hydrogens is 112 g/mol. The van der Waals surface area contributed by atoms with E-state index in [0.29, 0.717) is 6.04 Å². The van der Waals surface area contributed by atoms with Crippen LogP contribution in [0.4, 0.5) is 0 Å². The lowest BCUT2D eigenvalue weighted by Crippen LogP contribution is -2.41. The van der Waals surface area contributed by atoms with Crippen molar-refractivity contribution in [1.29, 1.82) is 0 Å². The van der Waals surface area contributed by atoms with Crippen LogP contribution in [0.15, 0.2) is 0 Å². The summed E-state index contributed by atoms with van der Waals surface area (Å²) in [5.74, 6) is 0.817. The van der Waals surface area contributed by atoms with Gasteiger partial charge >= 0.3 is 0 Å². The van der Waals surface area contributed by atoms with Crippen LogP contribution >= 0.6 is 0 Å². The second kappa shape index (κ2) is 3.18. The first-order chi connectivity index (χ1) is 4.34. The summed E-state index contributed by atoms with van der Waals surface area (Å²) < 4.78 is 0. The van der Waals surface area contributed by atoms with Crippen LogP contribution in [0, 0.1) is 5.92 Å². The van der Waals surface area contributed by atoms with Crippen molar-refractivity contribution >= 4 is 0 Å². The van der Waals surface area contributed by atoms with Gasteiger partial charge in [-0.15, -0.1) is 0 Å². The Kier molecular flexibility index (Phi) is 2.49. The Balaban J connectivity index is 2.08. The Morgan fingerprint density at radius 2 is 2.33 bits per heavy atom. The lowest BCUT2D eigenvalue weighted by molar-refractivity contribution is 0.259. The van der Waals surface area contributed by atoms with E-state index >= 15 is 0 Å². The average molecular weight is 128 g/mol. The van der Waals surface area contributed by atoms with Crippen molar-refractivity contribution < 1.29 is 0 Å². The summed E-state index contributed by atoms with van der Waals surface area (Å²) in [7, 11) is 1.96. The molecule has 0 bridgehead atoms. The number of hydrogen-bond donors (Lipinski definition) is 2. The average Bonchev–Trinajstić information content (AvgIpc) is 1.60. The zero-order chi connectivity index (χ0) is 6.69. The minimum atomic E-state index is 0.406. The van der Waals surface area contributed by atoms with Crippen molar-refractivity contribution in [2.45, 2.75) is 25.3 Å². The van der Waals surface area contributed by atoms with Crippen LogP contribution in [0.5, 0.6) is 0 Å². The fraction of sp³-hybridized carbons (Fsp3) is 1.00. The number of nitrogens with one attached hydrogen (secondary N) is 1. The SMILES string of the molecule is CNCC(N)C1CCC1. The number of likely N-dealkylation sites (N-methyl/N-ethyl adjacent to an activating group) is 1. The summed E-state index contributed by atoms with van der Waals surface area (Å²) in [6, 6.07) is 0.406. The molecule has 0 radical (unpaired) electrons. The molecule has 0 aromatic carbocycles. The minimum Gasteiger partial charge on any atom is -0.326 e. The van der Waals surface area contributed by atoms with E-state index in [4.69, 9.17) is 5.73 Å². The molecule has 3 N–H and O–H groups in total.